The molecular weight excluding hydrogens is 324 g/mol. The summed E-state index contributed by atoms with van der Waals surface area (Å²) in [6.07, 6.45) is 4.15. The SMILES string of the molecule is CCOC(=O)c1ccc(/C=C(/C)c2ccc(OCC=C(C)C)cc2)cc1. The second-order valence-corrected chi connectivity index (χ2v) is 6.29. The van der Waals surface area contributed by atoms with Crippen LogP contribution >= 0.6 is 0 Å². The molecule has 2 aromatic rings. The van der Waals surface area contributed by atoms with E-state index in [0.717, 1.165) is 22.4 Å². The summed E-state index contributed by atoms with van der Waals surface area (Å²) in [5.74, 6) is 0.571. The van der Waals surface area contributed by atoms with E-state index in [1.165, 1.54) is 5.57 Å². The highest BCUT2D eigenvalue weighted by Crippen LogP contribution is 2.21. The van der Waals surface area contributed by atoms with E-state index in [9.17, 15) is 4.79 Å². The Labute approximate surface area is 156 Å². The highest BCUT2D eigenvalue weighted by atomic mass is 16.5. The van der Waals surface area contributed by atoms with Crippen molar-refractivity contribution in [1.29, 1.82) is 0 Å². The first-order valence-corrected chi connectivity index (χ1v) is 8.81. The van der Waals surface area contributed by atoms with E-state index in [4.69, 9.17) is 9.47 Å². The minimum Gasteiger partial charge on any atom is -0.490 e. The molecule has 0 atom stereocenters. The fourth-order valence-electron chi connectivity index (χ4n) is 2.38. The Morgan fingerprint density at radius 3 is 2.12 bits per heavy atom. The van der Waals surface area contributed by atoms with Crippen LogP contribution in [-0.2, 0) is 4.74 Å². The van der Waals surface area contributed by atoms with Crippen molar-refractivity contribution < 1.29 is 14.3 Å². The highest BCUT2D eigenvalue weighted by Gasteiger charge is 2.05. The van der Waals surface area contributed by atoms with Gasteiger partial charge in [0, 0.05) is 0 Å². The summed E-state index contributed by atoms with van der Waals surface area (Å²) in [5.41, 5.74) is 5.13. The Morgan fingerprint density at radius 2 is 1.54 bits per heavy atom. The van der Waals surface area contributed by atoms with Crippen molar-refractivity contribution in [3.05, 3.63) is 76.9 Å². The van der Waals surface area contributed by atoms with Gasteiger partial charge in [-0.25, -0.2) is 4.79 Å². The lowest BCUT2D eigenvalue weighted by molar-refractivity contribution is 0.0526. The van der Waals surface area contributed by atoms with Crippen molar-refractivity contribution in [3.63, 3.8) is 0 Å². The standard InChI is InChI=1S/C23H26O3/c1-5-25-23(24)21-8-6-19(7-9-21)16-18(4)20-10-12-22(13-11-20)26-15-14-17(2)3/h6-14,16H,5,15H2,1-4H3/b18-16-. The number of hydrogen-bond donors (Lipinski definition) is 0. The van der Waals surface area contributed by atoms with Crippen LogP contribution in [0.15, 0.2) is 60.2 Å². The number of rotatable bonds is 7. The molecule has 0 aliphatic heterocycles. The van der Waals surface area contributed by atoms with Gasteiger partial charge in [0.05, 0.1) is 12.2 Å². The molecular formula is C23H26O3. The summed E-state index contributed by atoms with van der Waals surface area (Å²) < 4.78 is 10.7. The highest BCUT2D eigenvalue weighted by molar-refractivity contribution is 5.90. The maximum atomic E-state index is 11.7. The minimum absolute atomic E-state index is 0.288. The van der Waals surface area contributed by atoms with Crippen LogP contribution in [-0.4, -0.2) is 19.2 Å². The van der Waals surface area contributed by atoms with Crippen LogP contribution in [0.2, 0.25) is 0 Å². The summed E-state index contributed by atoms with van der Waals surface area (Å²) >= 11 is 0. The maximum Gasteiger partial charge on any atom is 0.338 e. The molecule has 0 spiro atoms. The number of ether oxygens (including phenoxy) is 2. The summed E-state index contributed by atoms with van der Waals surface area (Å²) in [4.78, 5) is 11.7. The van der Waals surface area contributed by atoms with Crippen molar-refractivity contribution in [2.45, 2.75) is 27.7 Å². The number of hydrogen-bond acceptors (Lipinski definition) is 3. The number of benzene rings is 2. The first kappa shape index (κ1) is 19.5. The maximum absolute atomic E-state index is 11.7. The van der Waals surface area contributed by atoms with E-state index in [-0.39, 0.29) is 5.97 Å². The number of carbonyl (C=O) groups excluding carboxylic acids is 1. The zero-order chi connectivity index (χ0) is 18.9. The normalized spacial score (nSPS) is 11.0. The zero-order valence-corrected chi connectivity index (χ0v) is 15.9. The van der Waals surface area contributed by atoms with Crippen molar-refractivity contribution in [2.75, 3.05) is 13.2 Å². The average molecular weight is 350 g/mol. The molecule has 0 heterocycles. The number of allylic oxidation sites excluding steroid dienone is 2. The monoisotopic (exact) mass is 350 g/mol. The van der Waals surface area contributed by atoms with Crippen LogP contribution in [0, 0.1) is 0 Å². The van der Waals surface area contributed by atoms with Gasteiger partial charge in [-0.1, -0.05) is 35.9 Å². The average Bonchev–Trinajstić information content (AvgIpc) is 2.63. The number of carbonyl (C=O) groups is 1. The van der Waals surface area contributed by atoms with E-state index in [0.29, 0.717) is 18.8 Å². The first-order chi connectivity index (χ1) is 12.5. The Bertz CT molecular complexity index is 777. The molecule has 0 N–H and O–H groups in total. The lowest BCUT2D eigenvalue weighted by Gasteiger charge is -2.07. The predicted octanol–water partition coefficient (Wildman–Crippen LogP) is 5.77. The third-order valence-electron chi connectivity index (χ3n) is 3.86. The molecule has 0 saturated heterocycles. The van der Waals surface area contributed by atoms with Crippen LogP contribution < -0.4 is 4.74 Å². The summed E-state index contributed by atoms with van der Waals surface area (Å²) in [6.45, 7) is 8.95. The van der Waals surface area contributed by atoms with E-state index in [2.05, 4.69) is 45.1 Å². The molecule has 0 fully saturated rings. The van der Waals surface area contributed by atoms with Crippen LogP contribution in [0.5, 0.6) is 5.75 Å². The molecule has 0 radical (unpaired) electrons. The van der Waals surface area contributed by atoms with Gasteiger partial charge in [0.2, 0.25) is 0 Å². The molecule has 0 aliphatic carbocycles. The van der Waals surface area contributed by atoms with Gasteiger partial charge in [-0.2, -0.15) is 0 Å². The molecule has 3 heteroatoms. The van der Waals surface area contributed by atoms with E-state index < -0.39 is 0 Å². The van der Waals surface area contributed by atoms with Gasteiger partial charge in [-0.3, -0.25) is 0 Å². The van der Waals surface area contributed by atoms with Crippen molar-refractivity contribution in [1.82, 2.24) is 0 Å². The molecule has 26 heavy (non-hydrogen) atoms. The zero-order valence-electron chi connectivity index (χ0n) is 15.9. The second-order valence-electron chi connectivity index (χ2n) is 6.29. The molecule has 2 rings (SSSR count). The van der Waals surface area contributed by atoms with Gasteiger partial charge in [-0.15, -0.1) is 0 Å². The Balaban J connectivity index is 2.04. The number of esters is 1. The fourth-order valence-corrected chi connectivity index (χ4v) is 2.38. The second kappa shape index (κ2) is 9.62. The Kier molecular flexibility index (Phi) is 7.22. The largest absolute Gasteiger partial charge is 0.490 e. The quantitative estimate of drug-likeness (QED) is 0.361. The van der Waals surface area contributed by atoms with Crippen molar-refractivity contribution in [2.24, 2.45) is 0 Å². The van der Waals surface area contributed by atoms with E-state index in [1.54, 1.807) is 19.1 Å². The lowest BCUT2D eigenvalue weighted by atomic mass is 10.0. The van der Waals surface area contributed by atoms with Gasteiger partial charge in [-0.05, 0) is 74.7 Å². The van der Waals surface area contributed by atoms with Crippen LogP contribution in [0.25, 0.3) is 11.6 Å². The van der Waals surface area contributed by atoms with E-state index >= 15 is 0 Å². The van der Waals surface area contributed by atoms with E-state index in [1.807, 2.05) is 24.3 Å². The smallest absolute Gasteiger partial charge is 0.338 e. The Morgan fingerprint density at radius 1 is 0.923 bits per heavy atom. The topological polar surface area (TPSA) is 35.5 Å². The van der Waals surface area contributed by atoms with Crippen molar-refractivity contribution >= 4 is 17.6 Å². The fraction of sp³-hybridized carbons (Fsp3) is 0.261. The molecule has 0 unspecified atom stereocenters. The molecule has 0 bridgehead atoms. The lowest BCUT2D eigenvalue weighted by Crippen LogP contribution is -2.03. The summed E-state index contributed by atoms with van der Waals surface area (Å²) in [5, 5.41) is 0. The minimum atomic E-state index is -0.288. The third-order valence-corrected chi connectivity index (χ3v) is 3.86. The van der Waals surface area contributed by atoms with Gasteiger partial charge < -0.3 is 9.47 Å². The van der Waals surface area contributed by atoms with Gasteiger partial charge >= 0.3 is 5.97 Å². The molecule has 0 aromatic heterocycles. The molecule has 2 aromatic carbocycles. The van der Waals surface area contributed by atoms with Crippen molar-refractivity contribution in [3.8, 4) is 5.75 Å². The molecule has 0 saturated carbocycles. The van der Waals surface area contributed by atoms with Gasteiger partial charge in [0.15, 0.2) is 0 Å². The molecule has 136 valence electrons. The molecule has 0 amide bonds. The van der Waals surface area contributed by atoms with Crippen LogP contribution in [0.1, 0.15) is 49.2 Å². The molecule has 3 nitrogen and oxygen atoms in total. The van der Waals surface area contributed by atoms with Crippen LogP contribution in [0.3, 0.4) is 0 Å². The first-order valence-electron chi connectivity index (χ1n) is 8.81. The van der Waals surface area contributed by atoms with Crippen LogP contribution in [0.4, 0.5) is 0 Å². The van der Waals surface area contributed by atoms with Gasteiger partial charge in [0.1, 0.15) is 12.4 Å². The Hall–Kier alpha value is -2.81. The van der Waals surface area contributed by atoms with Gasteiger partial charge in [0.25, 0.3) is 0 Å². The molecule has 0 aliphatic rings. The summed E-state index contributed by atoms with van der Waals surface area (Å²) in [7, 11) is 0. The summed E-state index contributed by atoms with van der Waals surface area (Å²) in [6, 6.07) is 15.5. The third kappa shape index (κ3) is 5.92. The predicted molar refractivity (Wildman–Crippen MR) is 107 cm³/mol.